The van der Waals surface area contributed by atoms with E-state index in [0.29, 0.717) is 6.04 Å². The number of halogens is 2. The van der Waals surface area contributed by atoms with Crippen LogP contribution in [-0.2, 0) is 5.41 Å². The molecule has 1 nitrogen and oxygen atoms in total. The van der Waals surface area contributed by atoms with Gasteiger partial charge in [-0.2, -0.15) is 0 Å². The zero-order chi connectivity index (χ0) is 13.5. The summed E-state index contributed by atoms with van der Waals surface area (Å²) in [6.07, 6.45) is 2.50. The molecule has 0 saturated heterocycles. The normalized spacial score (nSPS) is 18.3. The van der Waals surface area contributed by atoms with Crippen LogP contribution in [0.3, 0.4) is 0 Å². The van der Waals surface area contributed by atoms with Crippen LogP contribution < -0.4 is 5.32 Å². The van der Waals surface area contributed by atoms with E-state index in [-0.39, 0.29) is 5.41 Å². The molecule has 3 rings (SSSR count). The van der Waals surface area contributed by atoms with Crippen molar-refractivity contribution in [2.24, 2.45) is 0 Å². The number of rotatable bonds is 4. The lowest BCUT2D eigenvalue weighted by Crippen LogP contribution is -2.29. The summed E-state index contributed by atoms with van der Waals surface area (Å²) < 4.78 is 2.40. The summed E-state index contributed by atoms with van der Waals surface area (Å²) in [5, 5.41) is 3.53. The number of likely N-dealkylation sites (N-methyl/N-ethyl adjacent to an activating group) is 1. The van der Waals surface area contributed by atoms with E-state index in [1.54, 1.807) is 11.3 Å². The third kappa shape index (κ3) is 2.44. The van der Waals surface area contributed by atoms with E-state index in [0.717, 1.165) is 0 Å². The predicted molar refractivity (Wildman–Crippen MR) is 88.9 cm³/mol. The molecule has 0 amide bonds. The summed E-state index contributed by atoms with van der Waals surface area (Å²) in [7, 11) is 2.06. The van der Waals surface area contributed by atoms with Crippen LogP contribution in [0, 0.1) is 0 Å². The molecule has 19 heavy (non-hydrogen) atoms. The van der Waals surface area contributed by atoms with Gasteiger partial charge in [-0.05, 0) is 68.9 Å². The van der Waals surface area contributed by atoms with Gasteiger partial charge in [-0.1, -0.05) is 30.3 Å². The average Bonchev–Trinajstić information content (AvgIpc) is 3.14. The van der Waals surface area contributed by atoms with Crippen molar-refractivity contribution >= 4 is 43.2 Å². The van der Waals surface area contributed by atoms with Gasteiger partial charge in [0, 0.05) is 11.5 Å². The van der Waals surface area contributed by atoms with Gasteiger partial charge in [-0.3, -0.25) is 0 Å². The average molecular weight is 401 g/mol. The lowest BCUT2D eigenvalue weighted by molar-refractivity contribution is 0.463. The van der Waals surface area contributed by atoms with Gasteiger partial charge in [0.05, 0.1) is 7.57 Å². The van der Waals surface area contributed by atoms with Crippen LogP contribution in [0.15, 0.2) is 44.0 Å². The molecule has 1 atom stereocenters. The summed E-state index contributed by atoms with van der Waals surface area (Å²) in [6.45, 7) is 0. The van der Waals surface area contributed by atoms with Gasteiger partial charge in [0.25, 0.3) is 0 Å². The second kappa shape index (κ2) is 5.32. The first-order chi connectivity index (χ1) is 9.17. The van der Waals surface area contributed by atoms with Crippen LogP contribution in [0.5, 0.6) is 0 Å². The Morgan fingerprint density at radius 2 is 1.89 bits per heavy atom. The largest absolute Gasteiger partial charge is 0.312 e. The first-order valence-corrected chi connectivity index (χ1v) is 8.75. The molecular formula is C15H15Br2NS. The van der Waals surface area contributed by atoms with Crippen molar-refractivity contribution in [1.82, 2.24) is 5.32 Å². The third-order valence-corrected chi connectivity index (χ3v) is 6.36. The maximum absolute atomic E-state index is 3.70. The molecule has 2 aromatic rings. The summed E-state index contributed by atoms with van der Waals surface area (Å²) in [6, 6.07) is 13.5. The Bertz CT molecular complexity index is 575. The molecule has 0 spiro atoms. The van der Waals surface area contributed by atoms with E-state index in [1.165, 1.54) is 31.5 Å². The van der Waals surface area contributed by atoms with Crippen LogP contribution in [0.4, 0.5) is 0 Å². The number of hydrogen-bond acceptors (Lipinski definition) is 2. The highest BCUT2D eigenvalue weighted by molar-refractivity contribution is 9.12. The second-order valence-electron chi connectivity index (χ2n) is 5.02. The van der Waals surface area contributed by atoms with Gasteiger partial charge in [-0.15, -0.1) is 11.3 Å². The molecule has 1 aromatic carbocycles. The minimum atomic E-state index is 0.263. The minimum Gasteiger partial charge on any atom is -0.312 e. The van der Waals surface area contributed by atoms with Crippen molar-refractivity contribution in [2.75, 3.05) is 7.05 Å². The van der Waals surface area contributed by atoms with Gasteiger partial charge in [-0.25, -0.2) is 0 Å². The van der Waals surface area contributed by atoms with Gasteiger partial charge in [0.15, 0.2) is 0 Å². The van der Waals surface area contributed by atoms with Crippen LogP contribution in [-0.4, -0.2) is 7.05 Å². The summed E-state index contributed by atoms with van der Waals surface area (Å²) >= 11 is 9.03. The Balaban J connectivity index is 2.02. The monoisotopic (exact) mass is 399 g/mol. The number of thiophene rings is 1. The summed E-state index contributed by atoms with van der Waals surface area (Å²) in [4.78, 5) is 0. The number of hydrogen-bond donors (Lipinski definition) is 1. The molecule has 1 fully saturated rings. The zero-order valence-electron chi connectivity index (χ0n) is 10.6. The van der Waals surface area contributed by atoms with Crippen molar-refractivity contribution in [2.45, 2.75) is 24.3 Å². The molecule has 1 aliphatic carbocycles. The molecule has 0 aliphatic heterocycles. The van der Waals surface area contributed by atoms with E-state index in [2.05, 4.69) is 80.6 Å². The highest BCUT2D eigenvalue weighted by atomic mass is 79.9. The van der Waals surface area contributed by atoms with Gasteiger partial charge in [0.2, 0.25) is 0 Å². The van der Waals surface area contributed by atoms with Crippen molar-refractivity contribution in [3.8, 4) is 0 Å². The molecular weight excluding hydrogens is 386 g/mol. The van der Waals surface area contributed by atoms with E-state index in [1.807, 2.05) is 0 Å². The van der Waals surface area contributed by atoms with E-state index >= 15 is 0 Å². The fourth-order valence-corrected chi connectivity index (χ4v) is 5.83. The smallest absolute Gasteiger partial charge is 0.0758 e. The summed E-state index contributed by atoms with van der Waals surface area (Å²) in [5.41, 5.74) is 3.07. The van der Waals surface area contributed by atoms with Crippen molar-refractivity contribution in [3.05, 3.63) is 55.1 Å². The Morgan fingerprint density at radius 1 is 1.21 bits per heavy atom. The topological polar surface area (TPSA) is 12.0 Å². The zero-order valence-corrected chi connectivity index (χ0v) is 14.6. The van der Waals surface area contributed by atoms with Crippen molar-refractivity contribution in [1.29, 1.82) is 0 Å². The SMILES string of the molecule is CNC(c1cc(Br)sc1Br)C1(c2ccccc2)CC1. The fraction of sp³-hybridized carbons (Fsp3) is 0.333. The summed E-state index contributed by atoms with van der Waals surface area (Å²) in [5.74, 6) is 0. The van der Waals surface area contributed by atoms with E-state index < -0.39 is 0 Å². The number of nitrogens with one attached hydrogen (secondary N) is 1. The van der Waals surface area contributed by atoms with Gasteiger partial charge >= 0.3 is 0 Å². The highest BCUT2D eigenvalue weighted by Crippen LogP contribution is 2.58. The van der Waals surface area contributed by atoms with Crippen LogP contribution in [0.1, 0.15) is 30.0 Å². The Hall–Kier alpha value is -0.160. The fourth-order valence-electron chi connectivity index (χ4n) is 2.93. The Kier molecular flexibility index (Phi) is 3.87. The van der Waals surface area contributed by atoms with E-state index in [4.69, 9.17) is 0 Å². The quantitative estimate of drug-likeness (QED) is 0.737. The van der Waals surface area contributed by atoms with Crippen LogP contribution in [0.25, 0.3) is 0 Å². The van der Waals surface area contributed by atoms with Gasteiger partial charge in [0.1, 0.15) is 0 Å². The molecule has 1 N–H and O–H groups in total. The standard InChI is InChI=1S/C15H15Br2NS/c1-18-13(11-9-12(16)19-14(11)17)15(7-8-15)10-5-3-2-4-6-10/h2-6,9,13,18H,7-8H2,1H3. The van der Waals surface area contributed by atoms with E-state index in [9.17, 15) is 0 Å². The molecule has 100 valence electrons. The Morgan fingerprint density at radius 3 is 2.37 bits per heavy atom. The van der Waals surface area contributed by atoms with Crippen LogP contribution >= 0.6 is 43.2 Å². The molecule has 0 radical (unpaired) electrons. The number of benzene rings is 1. The lowest BCUT2D eigenvalue weighted by atomic mass is 9.85. The maximum atomic E-state index is 3.70. The molecule has 1 saturated carbocycles. The molecule has 0 bridgehead atoms. The molecule has 1 aliphatic rings. The van der Waals surface area contributed by atoms with Gasteiger partial charge < -0.3 is 5.32 Å². The Labute approximate surface area is 134 Å². The first-order valence-electron chi connectivity index (χ1n) is 6.35. The molecule has 1 heterocycles. The second-order valence-corrected chi connectivity index (χ2v) is 8.77. The predicted octanol–water partition coefficient (Wildman–Crippen LogP) is 5.27. The van der Waals surface area contributed by atoms with Crippen molar-refractivity contribution < 1.29 is 0 Å². The molecule has 1 aromatic heterocycles. The first kappa shape index (κ1) is 13.8. The third-order valence-electron chi connectivity index (χ3n) is 3.97. The van der Waals surface area contributed by atoms with Crippen molar-refractivity contribution in [3.63, 3.8) is 0 Å². The lowest BCUT2D eigenvalue weighted by Gasteiger charge is -2.27. The minimum absolute atomic E-state index is 0.263. The van der Waals surface area contributed by atoms with Crippen LogP contribution in [0.2, 0.25) is 0 Å². The molecule has 1 unspecified atom stereocenters. The molecule has 4 heteroatoms. The highest BCUT2D eigenvalue weighted by Gasteiger charge is 2.51. The maximum Gasteiger partial charge on any atom is 0.0758 e.